The summed E-state index contributed by atoms with van der Waals surface area (Å²) in [4.78, 5) is 11.7. The van der Waals surface area contributed by atoms with Gasteiger partial charge in [0.05, 0.1) is 5.57 Å². The van der Waals surface area contributed by atoms with E-state index < -0.39 is 11.7 Å². The maximum Gasteiger partial charge on any atom is 0.418 e. The van der Waals surface area contributed by atoms with E-state index >= 15 is 0 Å². The van der Waals surface area contributed by atoms with Crippen LogP contribution in [-0.2, 0) is 4.79 Å². The SMILES string of the molecule is C/C(C=O)=C(C)/C(=C\N(C)C)C(F)(F)F.CC. The van der Waals surface area contributed by atoms with E-state index in [1.165, 1.54) is 32.8 Å². The minimum absolute atomic E-state index is 0.0498. The van der Waals surface area contributed by atoms with Crippen molar-refractivity contribution in [1.29, 1.82) is 0 Å². The molecule has 0 saturated carbocycles. The van der Waals surface area contributed by atoms with Gasteiger partial charge in [0.1, 0.15) is 6.29 Å². The van der Waals surface area contributed by atoms with Crippen LogP contribution in [0, 0.1) is 0 Å². The van der Waals surface area contributed by atoms with Crippen molar-refractivity contribution in [3.63, 3.8) is 0 Å². The average molecular weight is 251 g/mol. The van der Waals surface area contributed by atoms with E-state index in [1.54, 1.807) is 0 Å². The van der Waals surface area contributed by atoms with Gasteiger partial charge in [-0.2, -0.15) is 13.2 Å². The second-order valence-electron chi connectivity index (χ2n) is 3.43. The third-order valence-electron chi connectivity index (χ3n) is 1.86. The van der Waals surface area contributed by atoms with Crippen molar-refractivity contribution >= 4 is 6.29 Å². The Balaban J connectivity index is 0. The number of hydrogen-bond donors (Lipinski definition) is 0. The van der Waals surface area contributed by atoms with E-state index in [-0.39, 0.29) is 11.1 Å². The minimum Gasteiger partial charge on any atom is -0.383 e. The van der Waals surface area contributed by atoms with E-state index in [0.717, 1.165) is 6.20 Å². The van der Waals surface area contributed by atoms with E-state index in [0.29, 0.717) is 6.29 Å². The van der Waals surface area contributed by atoms with Gasteiger partial charge in [0.15, 0.2) is 0 Å². The number of allylic oxidation sites excluding steroid dienone is 3. The van der Waals surface area contributed by atoms with Crippen LogP contribution >= 0.6 is 0 Å². The summed E-state index contributed by atoms with van der Waals surface area (Å²) >= 11 is 0. The summed E-state index contributed by atoms with van der Waals surface area (Å²) < 4.78 is 37.7. The predicted molar refractivity (Wildman–Crippen MR) is 63.6 cm³/mol. The predicted octanol–water partition coefficient (Wildman–Crippen LogP) is 3.56. The summed E-state index contributed by atoms with van der Waals surface area (Å²) in [5, 5.41) is 0. The molecule has 0 N–H and O–H groups in total. The Morgan fingerprint density at radius 2 is 1.53 bits per heavy atom. The fraction of sp³-hybridized carbons (Fsp3) is 0.583. The van der Waals surface area contributed by atoms with Crippen LogP contribution in [0.5, 0.6) is 0 Å². The fourth-order valence-electron chi connectivity index (χ4n) is 0.942. The lowest BCUT2D eigenvalue weighted by molar-refractivity contribution is -0.105. The number of carbonyl (C=O) groups excluding carboxylic acids is 1. The highest BCUT2D eigenvalue weighted by Gasteiger charge is 2.35. The Hall–Kier alpha value is -1.26. The molecular formula is C12H20F3NO. The summed E-state index contributed by atoms with van der Waals surface area (Å²) in [5.41, 5.74) is -0.760. The van der Waals surface area contributed by atoms with Gasteiger partial charge in [-0.1, -0.05) is 13.8 Å². The molecule has 5 heteroatoms. The number of nitrogens with zero attached hydrogens (tertiary/aromatic N) is 1. The van der Waals surface area contributed by atoms with Gasteiger partial charge >= 0.3 is 6.18 Å². The fourth-order valence-corrected chi connectivity index (χ4v) is 0.942. The molecule has 2 nitrogen and oxygen atoms in total. The normalized spacial score (nSPS) is 13.4. The monoisotopic (exact) mass is 251 g/mol. The first-order valence-electron chi connectivity index (χ1n) is 5.28. The molecule has 17 heavy (non-hydrogen) atoms. The average Bonchev–Trinajstić information content (AvgIpc) is 2.25. The standard InChI is InChI=1S/C10H14F3NO.C2H6/c1-7(6-15)8(2)9(5-14(3)4)10(11,12)13;1-2/h5-6H,1-4H3;1-2H3/b8-7-,9-5+;. The van der Waals surface area contributed by atoms with Crippen LogP contribution in [0.3, 0.4) is 0 Å². The van der Waals surface area contributed by atoms with Crippen LogP contribution in [0.25, 0.3) is 0 Å². The molecule has 0 saturated heterocycles. The van der Waals surface area contributed by atoms with Crippen molar-refractivity contribution in [3.8, 4) is 0 Å². The summed E-state index contributed by atoms with van der Waals surface area (Å²) in [5.74, 6) is 0. The van der Waals surface area contributed by atoms with Crippen molar-refractivity contribution < 1.29 is 18.0 Å². The maximum absolute atomic E-state index is 12.6. The highest BCUT2D eigenvalue weighted by Crippen LogP contribution is 2.32. The summed E-state index contributed by atoms with van der Waals surface area (Å²) in [6.45, 7) is 6.64. The molecule has 0 aromatic carbocycles. The zero-order valence-electron chi connectivity index (χ0n) is 11.1. The number of aldehydes is 1. The van der Waals surface area contributed by atoms with Crippen LogP contribution in [0.4, 0.5) is 13.2 Å². The molecule has 0 bridgehead atoms. The topological polar surface area (TPSA) is 20.3 Å². The smallest absolute Gasteiger partial charge is 0.383 e. The second kappa shape index (κ2) is 7.92. The van der Waals surface area contributed by atoms with E-state index in [4.69, 9.17) is 0 Å². The zero-order valence-corrected chi connectivity index (χ0v) is 11.1. The van der Waals surface area contributed by atoms with Gasteiger partial charge in [-0.25, -0.2) is 0 Å². The Kier molecular flexibility index (Phi) is 8.44. The molecule has 0 unspecified atom stereocenters. The Labute approximate surface area is 101 Å². The second-order valence-corrected chi connectivity index (χ2v) is 3.43. The number of halogens is 3. The molecule has 0 amide bonds. The Morgan fingerprint density at radius 1 is 1.12 bits per heavy atom. The summed E-state index contributed by atoms with van der Waals surface area (Å²) in [6.07, 6.45) is -3.06. The van der Waals surface area contributed by atoms with E-state index in [1.807, 2.05) is 13.8 Å². The molecule has 100 valence electrons. The largest absolute Gasteiger partial charge is 0.418 e. The lowest BCUT2D eigenvalue weighted by atomic mass is 10.0. The minimum atomic E-state index is -4.45. The first kappa shape index (κ1) is 18.1. The molecule has 0 radical (unpaired) electrons. The van der Waals surface area contributed by atoms with Crippen LogP contribution in [0.15, 0.2) is 22.9 Å². The highest BCUT2D eigenvalue weighted by molar-refractivity contribution is 5.75. The Bertz CT molecular complexity index is 301. The van der Waals surface area contributed by atoms with E-state index in [2.05, 4.69) is 0 Å². The van der Waals surface area contributed by atoms with Gasteiger partial charge in [-0.05, 0) is 25.0 Å². The first-order chi connectivity index (χ1) is 7.70. The molecule has 0 fully saturated rings. The molecule has 0 aromatic rings. The van der Waals surface area contributed by atoms with Crippen LogP contribution < -0.4 is 0 Å². The van der Waals surface area contributed by atoms with Gasteiger partial charge in [0, 0.05) is 20.3 Å². The molecule has 0 rings (SSSR count). The molecule has 0 aliphatic heterocycles. The molecule has 0 aromatic heterocycles. The third-order valence-corrected chi connectivity index (χ3v) is 1.86. The molecule has 0 aliphatic carbocycles. The van der Waals surface area contributed by atoms with Crippen LogP contribution in [-0.4, -0.2) is 31.5 Å². The Morgan fingerprint density at radius 3 is 1.76 bits per heavy atom. The lowest BCUT2D eigenvalue weighted by Crippen LogP contribution is -2.17. The third kappa shape index (κ3) is 6.81. The molecule has 0 spiro atoms. The van der Waals surface area contributed by atoms with Gasteiger partial charge in [0.25, 0.3) is 0 Å². The maximum atomic E-state index is 12.6. The number of rotatable bonds is 3. The molecule has 0 heterocycles. The quantitative estimate of drug-likeness (QED) is 0.434. The highest BCUT2D eigenvalue weighted by atomic mass is 19.4. The number of alkyl halides is 3. The van der Waals surface area contributed by atoms with Gasteiger partial charge < -0.3 is 4.90 Å². The number of carbonyl (C=O) groups is 1. The lowest BCUT2D eigenvalue weighted by Gasteiger charge is -2.16. The molecular weight excluding hydrogens is 231 g/mol. The zero-order chi connectivity index (χ0) is 14.2. The summed E-state index contributed by atoms with van der Waals surface area (Å²) in [6, 6.07) is 0. The van der Waals surface area contributed by atoms with Crippen LogP contribution in [0.2, 0.25) is 0 Å². The number of hydrogen-bond acceptors (Lipinski definition) is 2. The van der Waals surface area contributed by atoms with E-state index in [9.17, 15) is 18.0 Å². The van der Waals surface area contributed by atoms with Crippen molar-refractivity contribution in [2.24, 2.45) is 0 Å². The van der Waals surface area contributed by atoms with Gasteiger partial charge in [0.2, 0.25) is 0 Å². The molecule has 0 aliphatic rings. The van der Waals surface area contributed by atoms with Gasteiger partial charge in [-0.3, -0.25) is 4.79 Å². The van der Waals surface area contributed by atoms with Gasteiger partial charge in [-0.15, -0.1) is 0 Å². The van der Waals surface area contributed by atoms with Crippen molar-refractivity contribution in [1.82, 2.24) is 4.90 Å². The van der Waals surface area contributed by atoms with Crippen molar-refractivity contribution in [2.75, 3.05) is 14.1 Å². The van der Waals surface area contributed by atoms with Crippen molar-refractivity contribution in [3.05, 3.63) is 22.9 Å². The van der Waals surface area contributed by atoms with Crippen molar-refractivity contribution in [2.45, 2.75) is 33.9 Å². The first-order valence-corrected chi connectivity index (χ1v) is 5.28. The molecule has 0 atom stereocenters. The van der Waals surface area contributed by atoms with Crippen LogP contribution in [0.1, 0.15) is 27.7 Å². The summed E-state index contributed by atoms with van der Waals surface area (Å²) in [7, 11) is 2.99.